The van der Waals surface area contributed by atoms with Crippen molar-refractivity contribution in [1.82, 2.24) is 0 Å². The average Bonchev–Trinajstić information content (AvgIpc) is 3.48. The van der Waals surface area contributed by atoms with E-state index in [0.29, 0.717) is 10.6 Å². The molecule has 0 N–H and O–H groups in total. The van der Waals surface area contributed by atoms with E-state index < -0.39 is 11.7 Å². The van der Waals surface area contributed by atoms with Gasteiger partial charge in [-0.1, -0.05) is 148 Å². The Bertz CT molecular complexity index is 3150. The Balaban J connectivity index is 0.000000468. The Hall–Kier alpha value is -10.6. The molecule has 0 aliphatic carbocycles. The number of hydrogen-bond donors (Lipinski definition) is 0. The fourth-order valence-corrected chi connectivity index (χ4v) is 5.79. The summed E-state index contributed by atoms with van der Waals surface area (Å²) in [4.78, 5) is 0. The van der Waals surface area contributed by atoms with Crippen LogP contribution in [-0.4, -0.2) is 7.11 Å². The van der Waals surface area contributed by atoms with Gasteiger partial charge in [-0.3, -0.25) is 0 Å². The monoisotopic (exact) mass is 1150 g/mol. The molecule has 0 atom stereocenters. The Morgan fingerprint density at radius 2 is 0.675 bits per heavy atom. The highest BCUT2D eigenvalue weighted by molar-refractivity contribution is 9.10. The third-order valence-corrected chi connectivity index (χ3v) is 10.1. The highest BCUT2D eigenvalue weighted by Gasteiger charge is 2.29. The summed E-state index contributed by atoms with van der Waals surface area (Å²) >= 11 is 8.98. The van der Waals surface area contributed by atoms with E-state index in [0.717, 1.165) is 55.7 Å². The lowest BCUT2D eigenvalue weighted by atomic mass is 10.1. The maximum atomic E-state index is 12.3. The highest BCUT2D eigenvalue weighted by atomic mass is 79.9. The Labute approximate surface area is 478 Å². The van der Waals surface area contributed by atoms with E-state index >= 15 is 0 Å². The molecule has 0 saturated heterocycles. The number of halogens is 6. The van der Waals surface area contributed by atoms with E-state index in [1.165, 1.54) is 78.4 Å². The molecule has 0 fully saturated rings. The van der Waals surface area contributed by atoms with Gasteiger partial charge in [-0.05, 0) is 149 Å². The molecule has 0 aliphatic heterocycles. The van der Waals surface area contributed by atoms with Gasteiger partial charge in [0, 0.05) is 52.0 Å². The summed E-state index contributed by atoms with van der Waals surface area (Å²) in [6.07, 6.45) is 17.4. The Morgan fingerprint density at radius 1 is 0.400 bits per heavy atom. The molecule has 8 nitrogen and oxygen atoms in total. The number of benzene rings is 7. The van der Waals surface area contributed by atoms with Crippen LogP contribution in [0.15, 0.2) is 223 Å². The first-order chi connectivity index (χ1) is 38.6. The number of allylic oxidation sites excluding steroid dienone is 7. The number of nitrogens with zero attached hydrogens (tertiary/aromatic N) is 7. The van der Waals surface area contributed by atoms with Crippen LogP contribution in [0.1, 0.15) is 50.1 Å². The van der Waals surface area contributed by atoms with Crippen molar-refractivity contribution in [2.75, 3.05) is 7.11 Å². The molecule has 0 aliphatic rings. The highest BCUT2D eigenvalue weighted by Crippen LogP contribution is 2.29. The molecule has 0 bridgehead atoms. The minimum Gasteiger partial charge on any atom is -0.497 e. The zero-order valence-corrected chi connectivity index (χ0v) is 45.5. The molecule has 0 spiro atoms. The largest absolute Gasteiger partial charge is 0.497 e. The molecular weight excluding hydrogens is 1100 g/mol. The topological polar surface area (TPSA) is 176 Å². The number of aryl methyl sites for hydroxylation is 1. The van der Waals surface area contributed by atoms with Crippen molar-refractivity contribution in [3.8, 4) is 48.2 Å². The molecule has 0 amide bonds. The number of ether oxygens (including phenoxy) is 1. The minimum atomic E-state index is -4.31. The second kappa shape index (κ2) is 42.6. The van der Waals surface area contributed by atoms with Gasteiger partial charge in [0.2, 0.25) is 0 Å². The van der Waals surface area contributed by atoms with E-state index in [1.807, 2.05) is 159 Å². The van der Waals surface area contributed by atoms with Crippen LogP contribution in [0.5, 0.6) is 5.75 Å². The van der Waals surface area contributed by atoms with Gasteiger partial charge in [0.15, 0.2) is 0 Å². The van der Waals surface area contributed by atoms with Gasteiger partial charge in [-0.2, -0.15) is 50.0 Å². The van der Waals surface area contributed by atoms with Gasteiger partial charge in [0.1, 0.15) is 11.6 Å². The first-order valence-electron chi connectivity index (χ1n) is 23.3. The summed E-state index contributed by atoms with van der Waals surface area (Å²) in [5.41, 5.74) is 7.09. The lowest BCUT2D eigenvalue weighted by Gasteiger charge is -2.05. The van der Waals surface area contributed by atoms with Crippen LogP contribution >= 0.6 is 27.5 Å². The number of rotatable bonds is 8. The SMILES string of the molecule is COc1ccc(/C=C/C#N)cc1.Cc1ccc(/C=C/C#N)cc1.N#C/C=C/c1ccc(Br)cc1.N#C/C=C/c1ccc(C(F)(F)F)cc1.N#C/C=C/c1ccc(Cl)cc1.N#C/C=C/c1ccc(F)cc1.N#C/C=C/c1ccccc1. The quantitative estimate of drug-likeness (QED) is 0.107. The molecule has 7 rings (SSSR count). The summed E-state index contributed by atoms with van der Waals surface area (Å²) in [5.74, 6) is 0.559. The smallest absolute Gasteiger partial charge is 0.416 e. The van der Waals surface area contributed by atoms with Gasteiger partial charge in [-0.15, -0.1) is 0 Å². The van der Waals surface area contributed by atoms with E-state index in [9.17, 15) is 17.6 Å². The van der Waals surface area contributed by atoms with Crippen LogP contribution in [0.25, 0.3) is 42.5 Å². The Morgan fingerprint density at radius 3 is 0.988 bits per heavy atom. The van der Waals surface area contributed by atoms with Crippen molar-refractivity contribution in [3.63, 3.8) is 0 Å². The summed E-state index contributed by atoms with van der Waals surface area (Å²) in [7, 11) is 1.63. The van der Waals surface area contributed by atoms with Crippen LogP contribution in [0.4, 0.5) is 17.6 Å². The van der Waals surface area contributed by atoms with Gasteiger partial charge in [-0.25, -0.2) is 4.39 Å². The predicted molar refractivity (Wildman–Crippen MR) is 317 cm³/mol. The molecule has 396 valence electrons. The summed E-state index contributed by atoms with van der Waals surface area (Å²) in [6.45, 7) is 2.04. The van der Waals surface area contributed by atoms with Crippen LogP contribution in [0, 0.1) is 92.1 Å². The number of hydrogen-bond acceptors (Lipinski definition) is 8. The molecule has 7 aromatic carbocycles. The van der Waals surface area contributed by atoms with E-state index in [1.54, 1.807) is 73.9 Å². The molecule has 0 radical (unpaired) electrons. The fraction of sp³-hybridized carbons (Fsp3) is 0.0455. The molecule has 0 aromatic heterocycles. The fourth-order valence-electron chi connectivity index (χ4n) is 5.40. The maximum Gasteiger partial charge on any atom is 0.416 e. The number of methoxy groups -OCH3 is 1. The average molecular weight is 1150 g/mol. The molecule has 7 aromatic rings. The van der Waals surface area contributed by atoms with E-state index in [4.69, 9.17) is 53.2 Å². The zero-order valence-electron chi connectivity index (χ0n) is 43.1. The first kappa shape index (κ1) is 67.5. The van der Waals surface area contributed by atoms with Crippen molar-refractivity contribution >= 4 is 70.1 Å². The van der Waals surface area contributed by atoms with Crippen molar-refractivity contribution in [2.45, 2.75) is 13.1 Å². The summed E-state index contributed by atoms with van der Waals surface area (Å²) in [5, 5.41) is 58.2. The summed E-state index contributed by atoms with van der Waals surface area (Å²) in [6, 6.07) is 64.2. The van der Waals surface area contributed by atoms with Crippen molar-refractivity contribution in [2.24, 2.45) is 0 Å². The second-order valence-electron chi connectivity index (χ2n) is 15.1. The van der Waals surface area contributed by atoms with Crippen LogP contribution in [-0.2, 0) is 6.18 Å². The van der Waals surface area contributed by atoms with Crippen molar-refractivity contribution in [3.05, 3.63) is 284 Å². The lowest BCUT2D eigenvalue weighted by molar-refractivity contribution is -0.137. The van der Waals surface area contributed by atoms with Gasteiger partial charge < -0.3 is 4.74 Å². The maximum absolute atomic E-state index is 12.3. The van der Waals surface area contributed by atoms with Crippen molar-refractivity contribution < 1.29 is 22.3 Å². The van der Waals surface area contributed by atoms with Gasteiger partial charge >= 0.3 is 6.18 Å². The van der Waals surface area contributed by atoms with Crippen molar-refractivity contribution in [1.29, 1.82) is 36.8 Å². The molecular formula is C66H49BrClF4N7O. The first-order valence-corrected chi connectivity index (χ1v) is 24.4. The molecule has 0 heterocycles. The molecule has 0 unspecified atom stereocenters. The van der Waals surface area contributed by atoms with E-state index in [-0.39, 0.29) is 5.82 Å². The third kappa shape index (κ3) is 34.1. The standard InChI is InChI=1S/C10H6F3N.C10H9NO.C10H9N.C9H6BrN.C9H6ClN.C9H6FN.C9H7N/c11-10(12,13)9-5-3-8(4-6-9)2-1-7-14;1-12-10-6-4-9(5-7-10)3-2-8-11;1-9-4-6-10(7-5-9)3-2-8-11;3*10-9-5-3-8(4-6-9)2-1-7-11;10-8-4-7-9-5-2-1-3-6-9/h1-6H;2-7H,1H3;2-7H,1H3;3*1-6H;1-7H/b2-1+;2*3-2+;3*2-1+;7-4+. The molecule has 0 saturated carbocycles. The molecule has 80 heavy (non-hydrogen) atoms. The minimum absolute atomic E-state index is 0.265. The van der Waals surface area contributed by atoms with E-state index in [2.05, 4.69) is 15.9 Å². The zero-order chi connectivity index (χ0) is 59.1. The molecule has 14 heteroatoms. The predicted octanol–water partition coefficient (Wildman–Crippen LogP) is 18.5. The van der Waals surface area contributed by atoms with Gasteiger partial charge in [0.05, 0.1) is 55.2 Å². The number of nitriles is 7. The van der Waals surface area contributed by atoms with Crippen LogP contribution in [0.3, 0.4) is 0 Å². The Kier molecular flexibility index (Phi) is 36.0. The summed E-state index contributed by atoms with van der Waals surface area (Å²) < 4.78 is 54.7. The normalized spacial score (nSPS) is 10.1. The van der Waals surface area contributed by atoms with Crippen LogP contribution < -0.4 is 4.74 Å². The third-order valence-electron chi connectivity index (χ3n) is 9.29. The second-order valence-corrected chi connectivity index (χ2v) is 16.5. The van der Waals surface area contributed by atoms with Crippen LogP contribution in [0.2, 0.25) is 5.02 Å². The number of alkyl halides is 3. The lowest BCUT2D eigenvalue weighted by Crippen LogP contribution is -2.03. The van der Waals surface area contributed by atoms with Gasteiger partial charge in [0.25, 0.3) is 0 Å².